The minimum Gasteiger partial charge on any atom is -0.497 e. The van der Waals surface area contributed by atoms with Gasteiger partial charge in [0.1, 0.15) is 18.9 Å². The Morgan fingerprint density at radius 2 is 1.86 bits per heavy atom. The summed E-state index contributed by atoms with van der Waals surface area (Å²) in [6.07, 6.45) is 1.13. The third-order valence-corrected chi connectivity index (χ3v) is 4.64. The van der Waals surface area contributed by atoms with Crippen LogP contribution in [0.5, 0.6) is 5.75 Å². The monoisotopic (exact) mass is 420 g/mol. The van der Waals surface area contributed by atoms with Crippen molar-refractivity contribution in [2.45, 2.75) is 33.3 Å². The predicted octanol–water partition coefficient (Wildman–Crippen LogP) is 2.39. The van der Waals surface area contributed by atoms with Crippen LogP contribution >= 0.6 is 11.3 Å². The first kappa shape index (κ1) is 22.3. The van der Waals surface area contributed by atoms with Gasteiger partial charge in [-0.1, -0.05) is 25.2 Å². The molecule has 2 amide bonds. The highest BCUT2D eigenvalue weighted by atomic mass is 32.1. The van der Waals surface area contributed by atoms with E-state index in [0.717, 1.165) is 17.8 Å². The summed E-state index contributed by atoms with van der Waals surface area (Å²) in [5, 5.41) is 13.4. The van der Waals surface area contributed by atoms with Crippen LogP contribution in [-0.4, -0.2) is 41.6 Å². The highest BCUT2D eigenvalue weighted by Gasteiger charge is 2.15. The van der Waals surface area contributed by atoms with Crippen LogP contribution < -0.4 is 15.4 Å². The smallest absolute Gasteiger partial charge is 0.325 e. The number of ether oxygens (including phenoxy) is 2. The van der Waals surface area contributed by atoms with E-state index in [-0.39, 0.29) is 24.1 Å². The first-order chi connectivity index (χ1) is 13.9. The van der Waals surface area contributed by atoms with Gasteiger partial charge in [-0.25, -0.2) is 0 Å². The SMILES string of the molecule is COc1ccc(NC(=O)c2nnc(COC(=O)CNC(=O)CCC(C)C)s2)cc1. The van der Waals surface area contributed by atoms with Gasteiger partial charge in [-0.3, -0.25) is 14.4 Å². The fourth-order valence-electron chi connectivity index (χ4n) is 2.13. The molecule has 0 unspecified atom stereocenters. The van der Waals surface area contributed by atoms with Crippen LogP contribution in [0, 0.1) is 5.92 Å². The Bertz CT molecular complexity index is 835. The molecule has 0 fully saturated rings. The van der Waals surface area contributed by atoms with E-state index in [0.29, 0.717) is 28.8 Å². The molecule has 2 N–H and O–H groups in total. The quantitative estimate of drug-likeness (QED) is 0.566. The Kier molecular flexibility index (Phi) is 8.53. The van der Waals surface area contributed by atoms with Crippen LogP contribution in [0.4, 0.5) is 5.69 Å². The van der Waals surface area contributed by atoms with Crippen molar-refractivity contribution < 1.29 is 23.9 Å². The zero-order chi connectivity index (χ0) is 21.2. The highest BCUT2D eigenvalue weighted by Crippen LogP contribution is 2.17. The number of rotatable bonds is 10. The van der Waals surface area contributed by atoms with Crippen molar-refractivity contribution >= 4 is 34.8 Å². The van der Waals surface area contributed by atoms with E-state index in [4.69, 9.17) is 9.47 Å². The van der Waals surface area contributed by atoms with Gasteiger partial charge in [0.05, 0.1) is 7.11 Å². The summed E-state index contributed by atoms with van der Waals surface area (Å²) in [6, 6.07) is 6.86. The molecule has 10 heteroatoms. The molecule has 0 radical (unpaired) electrons. The molecular weight excluding hydrogens is 396 g/mol. The molecule has 0 spiro atoms. The van der Waals surface area contributed by atoms with Crippen molar-refractivity contribution in [2.75, 3.05) is 19.0 Å². The maximum Gasteiger partial charge on any atom is 0.325 e. The van der Waals surface area contributed by atoms with Crippen molar-refractivity contribution in [1.29, 1.82) is 0 Å². The van der Waals surface area contributed by atoms with Gasteiger partial charge in [-0.15, -0.1) is 10.2 Å². The Hall–Kier alpha value is -3.01. The molecule has 0 aliphatic carbocycles. The minimum atomic E-state index is -0.581. The molecule has 0 saturated heterocycles. The van der Waals surface area contributed by atoms with Gasteiger partial charge in [-0.2, -0.15) is 0 Å². The van der Waals surface area contributed by atoms with E-state index in [1.807, 2.05) is 13.8 Å². The van der Waals surface area contributed by atoms with E-state index < -0.39 is 11.9 Å². The fourth-order valence-corrected chi connectivity index (χ4v) is 2.78. The number of nitrogens with one attached hydrogen (secondary N) is 2. The van der Waals surface area contributed by atoms with Crippen molar-refractivity contribution in [1.82, 2.24) is 15.5 Å². The van der Waals surface area contributed by atoms with E-state index >= 15 is 0 Å². The number of benzene rings is 1. The number of carbonyl (C=O) groups is 3. The number of hydrogen-bond donors (Lipinski definition) is 2. The van der Waals surface area contributed by atoms with E-state index in [1.165, 1.54) is 0 Å². The summed E-state index contributed by atoms with van der Waals surface area (Å²) in [4.78, 5) is 35.5. The second-order valence-electron chi connectivity index (χ2n) is 6.55. The first-order valence-corrected chi connectivity index (χ1v) is 9.89. The Morgan fingerprint density at radius 1 is 1.14 bits per heavy atom. The van der Waals surface area contributed by atoms with E-state index in [1.54, 1.807) is 31.4 Å². The number of amides is 2. The summed E-state index contributed by atoms with van der Waals surface area (Å²) < 4.78 is 10.1. The topological polar surface area (TPSA) is 120 Å². The van der Waals surface area contributed by atoms with Crippen LogP contribution in [0.3, 0.4) is 0 Å². The van der Waals surface area contributed by atoms with Crippen molar-refractivity contribution in [3.05, 3.63) is 34.3 Å². The molecule has 1 aromatic carbocycles. The van der Waals surface area contributed by atoms with Gasteiger partial charge in [0.2, 0.25) is 10.9 Å². The van der Waals surface area contributed by atoms with Crippen LogP contribution in [0.15, 0.2) is 24.3 Å². The number of hydrogen-bond acceptors (Lipinski definition) is 8. The Morgan fingerprint density at radius 3 is 2.52 bits per heavy atom. The second kappa shape index (κ2) is 11.1. The van der Waals surface area contributed by atoms with Gasteiger partial charge in [0.15, 0.2) is 5.01 Å². The van der Waals surface area contributed by atoms with Gasteiger partial charge in [0.25, 0.3) is 5.91 Å². The largest absolute Gasteiger partial charge is 0.497 e. The lowest BCUT2D eigenvalue weighted by molar-refractivity contribution is -0.145. The zero-order valence-electron chi connectivity index (χ0n) is 16.6. The maximum atomic E-state index is 12.2. The number of esters is 1. The molecule has 1 heterocycles. The lowest BCUT2D eigenvalue weighted by atomic mass is 10.1. The van der Waals surface area contributed by atoms with Crippen LogP contribution in [0.2, 0.25) is 0 Å². The van der Waals surface area contributed by atoms with Gasteiger partial charge in [-0.05, 0) is 36.6 Å². The number of carbonyl (C=O) groups excluding carboxylic acids is 3. The van der Waals surface area contributed by atoms with Crippen molar-refractivity contribution in [3.8, 4) is 5.75 Å². The Labute approximate surface area is 172 Å². The molecule has 2 rings (SSSR count). The highest BCUT2D eigenvalue weighted by molar-refractivity contribution is 7.13. The molecule has 0 aliphatic heterocycles. The van der Waals surface area contributed by atoms with Gasteiger partial charge < -0.3 is 20.1 Å². The summed E-state index contributed by atoms with van der Waals surface area (Å²) in [5.41, 5.74) is 0.590. The Balaban J connectivity index is 1.75. The molecule has 1 aromatic heterocycles. The minimum absolute atomic E-state index is 0.117. The average molecular weight is 420 g/mol. The third-order valence-electron chi connectivity index (χ3n) is 3.74. The molecule has 29 heavy (non-hydrogen) atoms. The number of methoxy groups -OCH3 is 1. The average Bonchev–Trinajstić information content (AvgIpc) is 3.19. The standard InChI is InChI=1S/C19H24N4O5S/c1-12(2)4-9-15(24)20-10-17(25)28-11-16-22-23-19(29-16)18(26)21-13-5-7-14(27-3)8-6-13/h5-8,12H,4,9-11H2,1-3H3,(H,20,24)(H,21,26). The van der Waals surface area contributed by atoms with Crippen LogP contribution in [0.1, 0.15) is 41.5 Å². The van der Waals surface area contributed by atoms with Crippen LogP contribution in [-0.2, 0) is 20.9 Å². The summed E-state index contributed by atoms with van der Waals surface area (Å²) in [7, 11) is 1.56. The number of aromatic nitrogens is 2. The van der Waals surface area contributed by atoms with Crippen molar-refractivity contribution in [3.63, 3.8) is 0 Å². The normalized spacial score (nSPS) is 10.5. The maximum absolute atomic E-state index is 12.2. The molecule has 0 bridgehead atoms. The van der Waals surface area contributed by atoms with E-state index in [2.05, 4.69) is 20.8 Å². The molecule has 9 nitrogen and oxygen atoms in total. The van der Waals surface area contributed by atoms with E-state index in [9.17, 15) is 14.4 Å². The van der Waals surface area contributed by atoms with Gasteiger partial charge in [0, 0.05) is 12.1 Å². The van der Waals surface area contributed by atoms with Crippen molar-refractivity contribution in [2.24, 2.45) is 5.92 Å². The molecule has 0 atom stereocenters. The lowest BCUT2D eigenvalue weighted by Crippen LogP contribution is -2.30. The summed E-state index contributed by atoms with van der Waals surface area (Å²) >= 11 is 1.02. The molecule has 156 valence electrons. The molecule has 0 saturated carbocycles. The van der Waals surface area contributed by atoms with Crippen LogP contribution in [0.25, 0.3) is 0 Å². The summed E-state index contributed by atoms with van der Waals surface area (Å²) in [5.74, 6) is -0.0885. The number of anilines is 1. The third kappa shape index (κ3) is 7.86. The molecule has 0 aliphatic rings. The first-order valence-electron chi connectivity index (χ1n) is 9.07. The number of nitrogens with zero attached hydrogens (tertiary/aromatic N) is 2. The second-order valence-corrected chi connectivity index (χ2v) is 7.62. The lowest BCUT2D eigenvalue weighted by Gasteiger charge is -2.06. The van der Waals surface area contributed by atoms with Gasteiger partial charge >= 0.3 is 5.97 Å². The molecule has 2 aromatic rings. The fraction of sp³-hybridized carbons (Fsp3) is 0.421. The summed E-state index contributed by atoms with van der Waals surface area (Å²) in [6.45, 7) is 3.72. The zero-order valence-corrected chi connectivity index (χ0v) is 17.4. The predicted molar refractivity (Wildman–Crippen MR) is 108 cm³/mol. The molecular formula is C19H24N4O5S.